The van der Waals surface area contributed by atoms with E-state index in [0.29, 0.717) is 12.0 Å². The van der Waals surface area contributed by atoms with Gasteiger partial charge < -0.3 is 5.73 Å². The lowest BCUT2D eigenvalue weighted by atomic mass is 9.71. The Bertz CT molecular complexity index is 295. The lowest BCUT2D eigenvalue weighted by Crippen LogP contribution is -2.56. The first-order valence-electron chi connectivity index (χ1n) is 4.33. The zero-order valence-corrected chi connectivity index (χ0v) is 8.15. The van der Waals surface area contributed by atoms with Crippen molar-refractivity contribution >= 4 is 9.84 Å². The van der Waals surface area contributed by atoms with Crippen molar-refractivity contribution in [1.82, 2.24) is 0 Å². The van der Waals surface area contributed by atoms with Gasteiger partial charge in [-0.1, -0.05) is 0 Å². The van der Waals surface area contributed by atoms with Crippen LogP contribution in [0.4, 0.5) is 0 Å². The standard InChI is InChI=1S/C8H15NO2S/c1-12(10,11)8(6-9)4-7(5-8)2-3-7/h2-6,9H2,1H3. The van der Waals surface area contributed by atoms with E-state index < -0.39 is 14.6 Å². The molecule has 12 heavy (non-hydrogen) atoms. The summed E-state index contributed by atoms with van der Waals surface area (Å²) >= 11 is 0. The second kappa shape index (κ2) is 2.04. The summed E-state index contributed by atoms with van der Waals surface area (Å²) in [5, 5.41) is 0. The van der Waals surface area contributed by atoms with E-state index in [2.05, 4.69) is 0 Å². The monoisotopic (exact) mass is 189 g/mol. The quantitative estimate of drug-likeness (QED) is 0.679. The summed E-state index contributed by atoms with van der Waals surface area (Å²) in [4.78, 5) is 0. The number of rotatable bonds is 2. The maximum absolute atomic E-state index is 11.4. The number of hydrogen-bond acceptors (Lipinski definition) is 3. The fraction of sp³-hybridized carbons (Fsp3) is 1.00. The molecule has 0 amide bonds. The van der Waals surface area contributed by atoms with Crippen molar-refractivity contribution in [2.75, 3.05) is 12.8 Å². The number of sulfone groups is 1. The van der Waals surface area contributed by atoms with Gasteiger partial charge in [-0.05, 0) is 31.1 Å². The van der Waals surface area contributed by atoms with E-state index in [1.165, 1.54) is 19.1 Å². The van der Waals surface area contributed by atoms with E-state index in [4.69, 9.17) is 5.73 Å². The molecule has 0 radical (unpaired) electrons. The molecule has 3 nitrogen and oxygen atoms in total. The van der Waals surface area contributed by atoms with Crippen molar-refractivity contribution in [2.45, 2.75) is 30.4 Å². The molecule has 70 valence electrons. The van der Waals surface area contributed by atoms with Crippen molar-refractivity contribution in [3.8, 4) is 0 Å². The Morgan fingerprint density at radius 3 is 2.08 bits per heavy atom. The predicted molar refractivity (Wildman–Crippen MR) is 47.5 cm³/mol. The smallest absolute Gasteiger partial charge is 0.154 e. The Balaban J connectivity index is 2.20. The molecule has 2 N–H and O–H groups in total. The summed E-state index contributed by atoms with van der Waals surface area (Å²) in [5.74, 6) is 0. The average molecular weight is 189 g/mol. The molecule has 4 heteroatoms. The third-order valence-electron chi connectivity index (χ3n) is 3.51. The molecule has 0 aromatic heterocycles. The van der Waals surface area contributed by atoms with Gasteiger partial charge in [-0.15, -0.1) is 0 Å². The maximum Gasteiger partial charge on any atom is 0.154 e. The summed E-state index contributed by atoms with van der Waals surface area (Å²) < 4.78 is 22.3. The lowest BCUT2D eigenvalue weighted by molar-refractivity contribution is 0.199. The van der Waals surface area contributed by atoms with E-state index in [1.807, 2.05) is 0 Å². The molecule has 0 aliphatic heterocycles. The number of nitrogens with two attached hydrogens (primary N) is 1. The normalized spacial score (nSPS) is 29.8. The van der Waals surface area contributed by atoms with Gasteiger partial charge in [0, 0.05) is 12.8 Å². The Labute approximate surface area is 73.2 Å². The Kier molecular flexibility index (Phi) is 1.45. The van der Waals surface area contributed by atoms with Crippen LogP contribution >= 0.6 is 0 Å². The summed E-state index contributed by atoms with van der Waals surface area (Å²) in [6, 6.07) is 0. The zero-order chi connectivity index (χ0) is 9.04. The van der Waals surface area contributed by atoms with Crippen molar-refractivity contribution in [3.63, 3.8) is 0 Å². The number of hydrogen-bond donors (Lipinski definition) is 1. The Morgan fingerprint density at radius 1 is 1.33 bits per heavy atom. The largest absolute Gasteiger partial charge is 0.329 e. The topological polar surface area (TPSA) is 60.2 Å². The van der Waals surface area contributed by atoms with E-state index in [0.717, 1.165) is 12.8 Å². The van der Waals surface area contributed by atoms with Crippen LogP contribution in [0.3, 0.4) is 0 Å². The van der Waals surface area contributed by atoms with Crippen LogP contribution in [-0.4, -0.2) is 26.0 Å². The first-order chi connectivity index (χ1) is 5.43. The van der Waals surface area contributed by atoms with E-state index in [1.54, 1.807) is 0 Å². The molecular formula is C8H15NO2S. The first kappa shape index (κ1) is 8.51. The van der Waals surface area contributed by atoms with E-state index >= 15 is 0 Å². The van der Waals surface area contributed by atoms with Gasteiger partial charge in [-0.3, -0.25) is 0 Å². The summed E-state index contributed by atoms with van der Waals surface area (Å²) in [5.41, 5.74) is 5.93. The molecule has 2 rings (SSSR count). The molecule has 0 unspecified atom stereocenters. The minimum Gasteiger partial charge on any atom is -0.329 e. The summed E-state index contributed by atoms with van der Waals surface area (Å²) in [7, 11) is -2.93. The Hall–Kier alpha value is -0.0900. The molecule has 0 aromatic carbocycles. The molecule has 1 spiro atoms. The van der Waals surface area contributed by atoms with E-state index in [9.17, 15) is 8.42 Å². The van der Waals surface area contributed by atoms with Crippen LogP contribution in [0.1, 0.15) is 25.7 Å². The van der Waals surface area contributed by atoms with Gasteiger partial charge in [0.2, 0.25) is 0 Å². The molecule has 2 saturated carbocycles. The van der Waals surface area contributed by atoms with Crippen LogP contribution < -0.4 is 5.73 Å². The van der Waals surface area contributed by atoms with Gasteiger partial charge in [-0.2, -0.15) is 0 Å². The highest BCUT2D eigenvalue weighted by Gasteiger charge is 2.64. The molecule has 2 aliphatic carbocycles. The van der Waals surface area contributed by atoms with Crippen LogP contribution in [0, 0.1) is 5.41 Å². The van der Waals surface area contributed by atoms with Crippen LogP contribution in [0.15, 0.2) is 0 Å². The third-order valence-corrected chi connectivity index (χ3v) is 5.54. The molecule has 0 heterocycles. The van der Waals surface area contributed by atoms with Crippen LogP contribution in [0.5, 0.6) is 0 Å². The van der Waals surface area contributed by atoms with Gasteiger partial charge in [0.05, 0.1) is 4.75 Å². The maximum atomic E-state index is 11.4. The van der Waals surface area contributed by atoms with Crippen LogP contribution in [-0.2, 0) is 9.84 Å². The highest BCUT2D eigenvalue weighted by Crippen LogP contribution is 2.66. The fourth-order valence-electron chi connectivity index (χ4n) is 2.40. The molecule has 2 aliphatic rings. The summed E-state index contributed by atoms with van der Waals surface area (Å²) in [6.45, 7) is 0.299. The summed E-state index contributed by atoms with van der Waals surface area (Å²) in [6.07, 6.45) is 5.37. The van der Waals surface area contributed by atoms with Gasteiger partial charge in [0.15, 0.2) is 9.84 Å². The highest BCUT2D eigenvalue weighted by atomic mass is 32.2. The van der Waals surface area contributed by atoms with Crippen molar-refractivity contribution < 1.29 is 8.42 Å². The second-order valence-corrected chi connectivity index (χ2v) is 6.92. The van der Waals surface area contributed by atoms with Crippen molar-refractivity contribution in [3.05, 3.63) is 0 Å². The van der Waals surface area contributed by atoms with Gasteiger partial charge >= 0.3 is 0 Å². The van der Waals surface area contributed by atoms with Crippen molar-refractivity contribution in [2.24, 2.45) is 11.1 Å². The minimum atomic E-state index is -2.93. The van der Waals surface area contributed by atoms with E-state index in [-0.39, 0.29) is 0 Å². The molecule has 0 aromatic rings. The van der Waals surface area contributed by atoms with Crippen LogP contribution in [0.2, 0.25) is 0 Å². The minimum absolute atomic E-state index is 0.299. The van der Waals surface area contributed by atoms with Gasteiger partial charge in [0.1, 0.15) is 0 Å². The Morgan fingerprint density at radius 2 is 1.83 bits per heavy atom. The molecule has 0 atom stereocenters. The van der Waals surface area contributed by atoms with Crippen molar-refractivity contribution in [1.29, 1.82) is 0 Å². The lowest BCUT2D eigenvalue weighted by Gasteiger charge is -2.46. The van der Waals surface area contributed by atoms with Gasteiger partial charge in [0.25, 0.3) is 0 Å². The molecular weight excluding hydrogens is 174 g/mol. The highest BCUT2D eigenvalue weighted by molar-refractivity contribution is 7.92. The zero-order valence-electron chi connectivity index (χ0n) is 7.34. The van der Waals surface area contributed by atoms with Gasteiger partial charge in [-0.25, -0.2) is 8.42 Å². The predicted octanol–water partition coefficient (Wildman–Crippen LogP) is 0.302. The first-order valence-corrected chi connectivity index (χ1v) is 6.22. The molecule has 2 fully saturated rings. The second-order valence-electron chi connectivity index (χ2n) is 4.51. The average Bonchev–Trinajstić information content (AvgIpc) is 2.58. The third kappa shape index (κ3) is 0.941. The molecule has 0 bridgehead atoms. The molecule has 0 saturated heterocycles. The fourth-order valence-corrected chi connectivity index (χ4v) is 3.84. The SMILES string of the molecule is CS(=O)(=O)C1(CN)CC2(CC2)C1. The van der Waals surface area contributed by atoms with Crippen LogP contribution in [0.25, 0.3) is 0 Å².